The van der Waals surface area contributed by atoms with Gasteiger partial charge in [-0.15, -0.1) is 11.3 Å². The second-order valence-corrected chi connectivity index (χ2v) is 6.84. The van der Waals surface area contributed by atoms with Gasteiger partial charge >= 0.3 is 0 Å². The molecule has 1 amide bonds. The molecule has 0 saturated carbocycles. The van der Waals surface area contributed by atoms with Crippen LogP contribution in [0.5, 0.6) is 0 Å². The number of hydrogen-bond donors (Lipinski definition) is 1. The molecule has 0 spiro atoms. The summed E-state index contributed by atoms with van der Waals surface area (Å²) in [5, 5.41) is 3.97. The van der Waals surface area contributed by atoms with Crippen molar-refractivity contribution in [2.75, 3.05) is 27.2 Å². The predicted molar refractivity (Wildman–Crippen MR) is 94.0 cm³/mol. The van der Waals surface area contributed by atoms with E-state index in [4.69, 9.17) is 0 Å². The molecule has 2 aromatic rings. The Morgan fingerprint density at radius 1 is 1.30 bits per heavy atom. The fraction of sp³-hybridized carbons (Fsp3) is 0.471. The van der Waals surface area contributed by atoms with Gasteiger partial charge < -0.3 is 10.2 Å². The Kier molecular flexibility index (Phi) is 6.67. The molecule has 0 aromatic carbocycles. The summed E-state index contributed by atoms with van der Waals surface area (Å²) in [7, 11) is 4.06. The zero-order valence-electron chi connectivity index (χ0n) is 14.0. The fourth-order valence-corrected chi connectivity index (χ4v) is 3.21. The zero-order chi connectivity index (χ0) is 16.7. The van der Waals surface area contributed by atoms with Crippen molar-refractivity contribution in [3.63, 3.8) is 0 Å². The average molecular weight is 332 g/mol. The first-order valence-corrected chi connectivity index (χ1v) is 8.67. The Morgan fingerprint density at radius 3 is 2.83 bits per heavy atom. The lowest BCUT2D eigenvalue weighted by Crippen LogP contribution is -2.26. The van der Waals surface area contributed by atoms with Crippen LogP contribution in [0.2, 0.25) is 0 Å². The number of thiazole rings is 1. The summed E-state index contributed by atoms with van der Waals surface area (Å²) in [5.41, 5.74) is 1.87. The van der Waals surface area contributed by atoms with Crippen LogP contribution < -0.4 is 5.32 Å². The molecule has 0 saturated heterocycles. The van der Waals surface area contributed by atoms with E-state index in [2.05, 4.69) is 20.2 Å². The van der Waals surface area contributed by atoms with E-state index in [0.29, 0.717) is 6.54 Å². The number of amides is 1. The molecule has 2 aromatic heterocycles. The molecule has 0 bridgehead atoms. The number of nitrogens with one attached hydrogen (secondary N) is 1. The van der Waals surface area contributed by atoms with Crippen molar-refractivity contribution >= 4 is 17.2 Å². The molecule has 0 unspecified atom stereocenters. The van der Waals surface area contributed by atoms with Gasteiger partial charge in [-0.05, 0) is 52.5 Å². The number of nitrogens with zero attached hydrogens (tertiary/aromatic N) is 3. The summed E-state index contributed by atoms with van der Waals surface area (Å²) < 4.78 is 0. The van der Waals surface area contributed by atoms with Gasteiger partial charge in [0, 0.05) is 24.9 Å². The van der Waals surface area contributed by atoms with Gasteiger partial charge in [0.2, 0.25) is 0 Å². The highest BCUT2D eigenvalue weighted by atomic mass is 32.1. The van der Waals surface area contributed by atoms with Gasteiger partial charge in [-0.2, -0.15) is 0 Å². The van der Waals surface area contributed by atoms with Crippen LogP contribution in [-0.2, 0) is 12.8 Å². The van der Waals surface area contributed by atoms with Crippen molar-refractivity contribution < 1.29 is 4.79 Å². The highest BCUT2D eigenvalue weighted by Crippen LogP contribution is 2.19. The normalized spacial score (nSPS) is 11.0. The first-order valence-electron chi connectivity index (χ1n) is 7.85. The van der Waals surface area contributed by atoms with Crippen LogP contribution in [0.1, 0.15) is 32.5 Å². The largest absolute Gasteiger partial charge is 0.351 e. The Balaban J connectivity index is 1.86. The van der Waals surface area contributed by atoms with Gasteiger partial charge in [-0.25, -0.2) is 4.98 Å². The van der Waals surface area contributed by atoms with Gasteiger partial charge in [0.05, 0.1) is 10.7 Å². The minimum absolute atomic E-state index is 0.0113. The van der Waals surface area contributed by atoms with E-state index in [1.54, 1.807) is 6.20 Å². The third kappa shape index (κ3) is 5.73. The SMILES string of the molecule is Cc1nc(CCc2ccccn2)sc1C(=O)NCCCN(C)C. The molecular weight excluding hydrogens is 308 g/mol. The van der Waals surface area contributed by atoms with Crippen molar-refractivity contribution in [3.05, 3.63) is 45.7 Å². The molecule has 5 nitrogen and oxygen atoms in total. The van der Waals surface area contributed by atoms with Crippen molar-refractivity contribution in [3.8, 4) is 0 Å². The molecule has 2 rings (SSSR count). The van der Waals surface area contributed by atoms with Crippen LogP contribution in [0.3, 0.4) is 0 Å². The topological polar surface area (TPSA) is 58.1 Å². The van der Waals surface area contributed by atoms with Gasteiger partial charge in [0.1, 0.15) is 4.88 Å². The fourth-order valence-electron chi connectivity index (χ4n) is 2.23. The Bertz CT molecular complexity index is 625. The van der Waals surface area contributed by atoms with E-state index in [9.17, 15) is 4.79 Å². The van der Waals surface area contributed by atoms with E-state index >= 15 is 0 Å². The van der Waals surface area contributed by atoms with Gasteiger partial charge in [-0.1, -0.05) is 6.07 Å². The smallest absolute Gasteiger partial charge is 0.263 e. The number of carbonyl (C=O) groups excluding carboxylic acids is 1. The van der Waals surface area contributed by atoms with E-state index < -0.39 is 0 Å². The van der Waals surface area contributed by atoms with E-state index in [0.717, 1.165) is 47.1 Å². The summed E-state index contributed by atoms with van der Waals surface area (Å²) in [4.78, 5) is 23.9. The van der Waals surface area contributed by atoms with Crippen molar-refractivity contribution in [1.82, 2.24) is 20.2 Å². The molecule has 1 N–H and O–H groups in total. The molecule has 124 valence electrons. The maximum absolute atomic E-state index is 12.2. The minimum atomic E-state index is -0.0113. The van der Waals surface area contributed by atoms with Gasteiger partial charge in [0.15, 0.2) is 0 Å². The lowest BCUT2D eigenvalue weighted by molar-refractivity contribution is 0.0955. The Labute approximate surface area is 141 Å². The average Bonchev–Trinajstić information content (AvgIpc) is 2.91. The summed E-state index contributed by atoms with van der Waals surface area (Å²) in [6.45, 7) is 3.56. The van der Waals surface area contributed by atoms with Crippen LogP contribution in [0.4, 0.5) is 0 Å². The van der Waals surface area contributed by atoms with Crippen molar-refractivity contribution in [2.45, 2.75) is 26.2 Å². The summed E-state index contributed by atoms with van der Waals surface area (Å²) in [6, 6.07) is 5.91. The molecule has 0 aliphatic rings. The number of pyridine rings is 1. The number of aryl methyl sites for hydroxylation is 3. The van der Waals surface area contributed by atoms with E-state index in [1.165, 1.54) is 11.3 Å². The molecule has 23 heavy (non-hydrogen) atoms. The lowest BCUT2D eigenvalue weighted by atomic mass is 10.2. The Hall–Kier alpha value is -1.79. The van der Waals surface area contributed by atoms with Crippen LogP contribution in [-0.4, -0.2) is 48.0 Å². The third-order valence-electron chi connectivity index (χ3n) is 3.44. The number of hydrogen-bond acceptors (Lipinski definition) is 5. The molecule has 0 atom stereocenters. The van der Waals surface area contributed by atoms with Crippen LogP contribution >= 0.6 is 11.3 Å². The molecular formula is C17H24N4OS. The molecule has 0 aliphatic carbocycles. The van der Waals surface area contributed by atoms with E-state index in [-0.39, 0.29) is 5.91 Å². The third-order valence-corrected chi connectivity index (χ3v) is 4.65. The number of aromatic nitrogens is 2. The summed E-state index contributed by atoms with van der Waals surface area (Å²) >= 11 is 1.49. The molecule has 0 radical (unpaired) electrons. The number of carbonyl (C=O) groups is 1. The first-order chi connectivity index (χ1) is 11.1. The highest BCUT2D eigenvalue weighted by Gasteiger charge is 2.14. The minimum Gasteiger partial charge on any atom is -0.351 e. The first kappa shape index (κ1) is 17.6. The predicted octanol–water partition coefficient (Wildman–Crippen LogP) is 2.31. The molecule has 6 heteroatoms. The monoisotopic (exact) mass is 332 g/mol. The second kappa shape index (κ2) is 8.74. The van der Waals surface area contributed by atoms with Crippen LogP contribution in [0.25, 0.3) is 0 Å². The van der Waals surface area contributed by atoms with Crippen molar-refractivity contribution in [1.29, 1.82) is 0 Å². The van der Waals surface area contributed by atoms with Gasteiger partial charge in [-0.3, -0.25) is 9.78 Å². The van der Waals surface area contributed by atoms with Crippen molar-refractivity contribution in [2.24, 2.45) is 0 Å². The highest BCUT2D eigenvalue weighted by molar-refractivity contribution is 7.13. The molecule has 0 aliphatic heterocycles. The quantitative estimate of drug-likeness (QED) is 0.754. The molecule has 0 fully saturated rings. The standard InChI is InChI=1S/C17H24N4OS/c1-13-16(17(22)19-11-6-12-21(2)3)23-15(20-13)9-8-14-7-4-5-10-18-14/h4-5,7,10H,6,8-9,11-12H2,1-3H3,(H,19,22). The lowest BCUT2D eigenvalue weighted by Gasteiger charge is -2.09. The Morgan fingerprint density at radius 2 is 2.13 bits per heavy atom. The zero-order valence-corrected chi connectivity index (χ0v) is 14.8. The van der Waals surface area contributed by atoms with Crippen LogP contribution in [0, 0.1) is 6.92 Å². The maximum atomic E-state index is 12.2. The molecule has 2 heterocycles. The maximum Gasteiger partial charge on any atom is 0.263 e. The van der Waals surface area contributed by atoms with Gasteiger partial charge in [0.25, 0.3) is 5.91 Å². The second-order valence-electron chi connectivity index (χ2n) is 5.76. The summed E-state index contributed by atoms with van der Waals surface area (Å²) in [6.07, 6.45) is 4.41. The van der Waals surface area contributed by atoms with Crippen LogP contribution in [0.15, 0.2) is 24.4 Å². The summed E-state index contributed by atoms with van der Waals surface area (Å²) in [5.74, 6) is -0.0113. The van der Waals surface area contributed by atoms with E-state index in [1.807, 2.05) is 39.2 Å². The number of rotatable bonds is 8.